The fourth-order valence-corrected chi connectivity index (χ4v) is 2.32. The molecule has 3 rings (SSSR count). The first-order valence-electron chi connectivity index (χ1n) is 7.46. The second-order valence-corrected chi connectivity index (χ2v) is 5.41. The average Bonchev–Trinajstić information content (AvgIpc) is 3.04. The van der Waals surface area contributed by atoms with Crippen LogP contribution in [-0.2, 0) is 6.61 Å². The highest BCUT2D eigenvalue weighted by molar-refractivity contribution is 5.66. The number of ether oxygens (including phenoxy) is 2. The minimum atomic E-state index is 0.338. The molecule has 0 unspecified atom stereocenters. The van der Waals surface area contributed by atoms with Gasteiger partial charge in [-0.2, -0.15) is 0 Å². The Morgan fingerprint density at radius 3 is 2.61 bits per heavy atom. The first-order chi connectivity index (χ1) is 11.2. The number of methoxy groups -OCH3 is 1. The van der Waals surface area contributed by atoms with Crippen LogP contribution in [0.5, 0.6) is 11.5 Å². The van der Waals surface area contributed by atoms with Gasteiger partial charge in [0.1, 0.15) is 23.8 Å². The predicted molar refractivity (Wildman–Crippen MR) is 88.7 cm³/mol. The molecule has 0 atom stereocenters. The summed E-state index contributed by atoms with van der Waals surface area (Å²) in [5.74, 6) is 2.26. The fraction of sp³-hybridized carbons (Fsp3) is 0.211. The predicted octanol–water partition coefficient (Wildman–Crippen LogP) is 4.55. The van der Waals surface area contributed by atoms with Crippen molar-refractivity contribution in [1.82, 2.24) is 5.16 Å². The highest BCUT2D eigenvalue weighted by Crippen LogP contribution is 2.29. The van der Waals surface area contributed by atoms with Gasteiger partial charge in [0, 0.05) is 11.6 Å². The highest BCUT2D eigenvalue weighted by Gasteiger charge is 2.11. The van der Waals surface area contributed by atoms with Crippen LogP contribution in [0, 0.1) is 13.8 Å². The number of para-hydroxylation sites is 1. The number of rotatable bonds is 5. The number of nitrogens with zero attached hydrogens (tertiary/aromatic N) is 1. The van der Waals surface area contributed by atoms with E-state index in [0.29, 0.717) is 12.4 Å². The Morgan fingerprint density at radius 2 is 1.83 bits per heavy atom. The lowest BCUT2D eigenvalue weighted by molar-refractivity contribution is 0.249. The molecule has 23 heavy (non-hydrogen) atoms. The van der Waals surface area contributed by atoms with Gasteiger partial charge in [-0.3, -0.25) is 0 Å². The smallest absolute Gasteiger partial charge is 0.174 e. The van der Waals surface area contributed by atoms with Crippen LogP contribution in [0.15, 0.2) is 53.1 Å². The van der Waals surface area contributed by atoms with Gasteiger partial charge in [0.05, 0.1) is 7.11 Å². The number of hydrogen-bond acceptors (Lipinski definition) is 4. The van der Waals surface area contributed by atoms with Crippen LogP contribution in [0.25, 0.3) is 11.3 Å². The number of benzene rings is 2. The lowest BCUT2D eigenvalue weighted by Gasteiger charge is -2.06. The maximum absolute atomic E-state index is 5.77. The molecule has 0 aliphatic carbocycles. The Morgan fingerprint density at radius 1 is 1.00 bits per heavy atom. The van der Waals surface area contributed by atoms with E-state index in [4.69, 9.17) is 14.0 Å². The molecule has 0 radical (unpaired) electrons. The van der Waals surface area contributed by atoms with Crippen molar-refractivity contribution in [3.05, 3.63) is 65.4 Å². The van der Waals surface area contributed by atoms with Gasteiger partial charge in [-0.05, 0) is 49.2 Å². The van der Waals surface area contributed by atoms with E-state index in [2.05, 4.69) is 19.0 Å². The number of aryl methyl sites for hydroxylation is 2. The minimum absolute atomic E-state index is 0.338. The molecular formula is C19H19NO3. The van der Waals surface area contributed by atoms with Gasteiger partial charge in [0.25, 0.3) is 0 Å². The van der Waals surface area contributed by atoms with Crippen LogP contribution < -0.4 is 9.47 Å². The lowest BCUT2D eigenvalue weighted by atomic mass is 10.1. The van der Waals surface area contributed by atoms with Crippen molar-refractivity contribution in [2.75, 3.05) is 7.11 Å². The van der Waals surface area contributed by atoms with Gasteiger partial charge in [-0.15, -0.1) is 0 Å². The third kappa shape index (κ3) is 3.37. The molecule has 4 nitrogen and oxygen atoms in total. The van der Waals surface area contributed by atoms with Gasteiger partial charge in [0.2, 0.25) is 0 Å². The molecule has 0 saturated heterocycles. The van der Waals surface area contributed by atoms with Gasteiger partial charge in [0.15, 0.2) is 5.76 Å². The van der Waals surface area contributed by atoms with Crippen molar-refractivity contribution in [1.29, 1.82) is 0 Å². The summed E-state index contributed by atoms with van der Waals surface area (Å²) in [5, 5.41) is 4.10. The molecule has 1 aromatic heterocycles. The van der Waals surface area contributed by atoms with Crippen molar-refractivity contribution in [3.8, 4) is 22.8 Å². The monoisotopic (exact) mass is 309 g/mol. The summed E-state index contributed by atoms with van der Waals surface area (Å²) in [6.07, 6.45) is 0. The zero-order valence-corrected chi connectivity index (χ0v) is 13.5. The molecule has 0 N–H and O–H groups in total. The quantitative estimate of drug-likeness (QED) is 0.694. The second-order valence-electron chi connectivity index (χ2n) is 5.41. The molecule has 2 aromatic carbocycles. The maximum Gasteiger partial charge on any atom is 0.174 e. The summed E-state index contributed by atoms with van der Waals surface area (Å²) in [6, 6.07) is 15.6. The van der Waals surface area contributed by atoms with E-state index in [0.717, 1.165) is 22.8 Å². The zero-order valence-electron chi connectivity index (χ0n) is 13.5. The van der Waals surface area contributed by atoms with Crippen LogP contribution in [0.2, 0.25) is 0 Å². The third-order valence-electron chi connectivity index (χ3n) is 3.80. The molecule has 4 heteroatoms. The summed E-state index contributed by atoms with van der Waals surface area (Å²) < 4.78 is 16.5. The fourth-order valence-electron chi connectivity index (χ4n) is 2.32. The molecule has 0 saturated carbocycles. The third-order valence-corrected chi connectivity index (χ3v) is 3.80. The lowest BCUT2D eigenvalue weighted by Crippen LogP contribution is -1.94. The topological polar surface area (TPSA) is 44.5 Å². The van der Waals surface area contributed by atoms with E-state index in [1.165, 1.54) is 11.1 Å². The van der Waals surface area contributed by atoms with Crippen LogP contribution in [0.3, 0.4) is 0 Å². The van der Waals surface area contributed by atoms with Crippen molar-refractivity contribution < 1.29 is 14.0 Å². The molecule has 118 valence electrons. The van der Waals surface area contributed by atoms with E-state index in [9.17, 15) is 0 Å². The van der Waals surface area contributed by atoms with E-state index >= 15 is 0 Å². The number of aromatic nitrogens is 1. The molecule has 0 aliphatic heterocycles. The molecule has 1 heterocycles. The van der Waals surface area contributed by atoms with E-state index < -0.39 is 0 Å². The Hall–Kier alpha value is -2.75. The SMILES string of the molecule is COc1ccccc1-c1cc(COc2ccc(C)c(C)c2)on1. The Bertz CT molecular complexity index is 808. The first-order valence-corrected chi connectivity index (χ1v) is 7.46. The normalized spacial score (nSPS) is 10.6. The van der Waals surface area contributed by atoms with Crippen molar-refractivity contribution in [3.63, 3.8) is 0 Å². The Labute approximate surface area is 135 Å². The molecular weight excluding hydrogens is 290 g/mol. The van der Waals surface area contributed by atoms with E-state index in [1.807, 2.05) is 48.5 Å². The van der Waals surface area contributed by atoms with Crippen LogP contribution in [-0.4, -0.2) is 12.3 Å². The molecule has 0 spiro atoms. The van der Waals surface area contributed by atoms with Gasteiger partial charge in [-0.1, -0.05) is 23.4 Å². The Kier molecular flexibility index (Phi) is 4.33. The average molecular weight is 309 g/mol. The van der Waals surface area contributed by atoms with Crippen molar-refractivity contribution in [2.24, 2.45) is 0 Å². The summed E-state index contributed by atoms with van der Waals surface area (Å²) in [6.45, 7) is 4.48. The van der Waals surface area contributed by atoms with E-state index in [1.54, 1.807) is 7.11 Å². The largest absolute Gasteiger partial charge is 0.496 e. The van der Waals surface area contributed by atoms with Gasteiger partial charge in [-0.25, -0.2) is 0 Å². The standard InChI is InChI=1S/C19H19NO3/c1-13-8-9-15(10-14(13)2)22-12-16-11-18(20-23-16)17-6-4-5-7-19(17)21-3/h4-11H,12H2,1-3H3. The summed E-state index contributed by atoms with van der Waals surface area (Å²) >= 11 is 0. The zero-order chi connectivity index (χ0) is 16.2. The van der Waals surface area contributed by atoms with E-state index in [-0.39, 0.29) is 0 Å². The van der Waals surface area contributed by atoms with Crippen LogP contribution >= 0.6 is 0 Å². The van der Waals surface area contributed by atoms with Gasteiger partial charge < -0.3 is 14.0 Å². The number of hydrogen-bond donors (Lipinski definition) is 0. The van der Waals surface area contributed by atoms with Crippen molar-refractivity contribution >= 4 is 0 Å². The summed E-state index contributed by atoms with van der Waals surface area (Å²) in [7, 11) is 1.64. The molecule has 0 aliphatic rings. The summed E-state index contributed by atoms with van der Waals surface area (Å²) in [5.41, 5.74) is 4.09. The van der Waals surface area contributed by atoms with Crippen LogP contribution in [0.4, 0.5) is 0 Å². The van der Waals surface area contributed by atoms with Gasteiger partial charge >= 0.3 is 0 Å². The minimum Gasteiger partial charge on any atom is -0.496 e. The highest BCUT2D eigenvalue weighted by atomic mass is 16.5. The maximum atomic E-state index is 5.77. The molecule has 0 bridgehead atoms. The molecule has 3 aromatic rings. The first kappa shape index (κ1) is 15.2. The Balaban J connectivity index is 1.73. The molecule has 0 amide bonds. The second kappa shape index (κ2) is 6.57. The summed E-state index contributed by atoms with van der Waals surface area (Å²) in [4.78, 5) is 0. The van der Waals surface area contributed by atoms with Crippen molar-refractivity contribution in [2.45, 2.75) is 20.5 Å². The molecule has 0 fully saturated rings. The van der Waals surface area contributed by atoms with Crippen LogP contribution in [0.1, 0.15) is 16.9 Å².